The Kier molecular flexibility index (Phi) is 4.91. The lowest BCUT2D eigenvalue weighted by Crippen LogP contribution is -2.68. The van der Waals surface area contributed by atoms with E-state index in [2.05, 4.69) is 11.6 Å². The number of hydrogen-bond donors (Lipinski definition) is 1. The highest BCUT2D eigenvalue weighted by molar-refractivity contribution is 7.99. The van der Waals surface area contributed by atoms with Gasteiger partial charge in [0.05, 0.1) is 0 Å². The molecule has 1 aliphatic heterocycles. The maximum Gasteiger partial charge on any atom is 0.246 e. The van der Waals surface area contributed by atoms with Crippen molar-refractivity contribution in [2.24, 2.45) is 5.41 Å². The van der Waals surface area contributed by atoms with Gasteiger partial charge in [0.2, 0.25) is 11.8 Å². The molecule has 1 N–H and O–H groups in total. The lowest BCUT2D eigenvalue weighted by atomic mass is 9.82. The summed E-state index contributed by atoms with van der Waals surface area (Å²) in [6.45, 7) is 7.88. The van der Waals surface area contributed by atoms with Crippen molar-refractivity contribution < 1.29 is 9.59 Å². The number of carbonyl (C=O) groups excluding carboxylic acids is 2. The third-order valence-electron chi connectivity index (χ3n) is 4.82. The van der Waals surface area contributed by atoms with E-state index in [0.717, 1.165) is 25.7 Å². The average Bonchev–Trinajstić information content (AvgIpc) is 2.42. The highest BCUT2D eigenvalue weighted by Crippen LogP contribution is 2.33. The van der Waals surface area contributed by atoms with Crippen LogP contribution in [-0.4, -0.2) is 46.3 Å². The summed E-state index contributed by atoms with van der Waals surface area (Å²) in [6.07, 6.45) is 6.48. The molecule has 2 unspecified atom stereocenters. The highest BCUT2D eigenvalue weighted by atomic mass is 32.2. The van der Waals surface area contributed by atoms with Crippen molar-refractivity contribution in [3.05, 3.63) is 0 Å². The molecule has 2 atom stereocenters. The number of nitrogens with zero attached hydrogens (tertiary/aromatic N) is 1. The first-order valence-corrected chi connectivity index (χ1v) is 9.20. The monoisotopic (exact) mass is 312 g/mol. The largest absolute Gasteiger partial charge is 0.342 e. The summed E-state index contributed by atoms with van der Waals surface area (Å²) in [7, 11) is 0. The normalized spacial score (nSPS) is 34.8. The molecule has 4 nitrogen and oxygen atoms in total. The third-order valence-corrected chi connectivity index (χ3v) is 5.96. The van der Waals surface area contributed by atoms with Gasteiger partial charge in [0, 0.05) is 11.3 Å². The van der Waals surface area contributed by atoms with Crippen LogP contribution in [0.5, 0.6) is 0 Å². The van der Waals surface area contributed by atoms with E-state index < -0.39 is 6.04 Å². The van der Waals surface area contributed by atoms with Gasteiger partial charge in [-0.1, -0.05) is 20.8 Å². The van der Waals surface area contributed by atoms with Crippen molar-refractivity contribution in [2.45, 2.75) is 76.8 Å². The lowest BCUT2D eigenvalue weighted by molar-refractivity contribution is -0.155. The number of amides is 2. The zero-order valence-corrected chi connectivity index (χ0v) is 14.6. The molecule has 0 aromatic heterocycles. The fraction of sp³-hybridized carbons (Fsp3) is 0.875. The average molecular weight is 312 g/mol. The number of nitrogens with one attached hydrogen (secondary N) is 1. The van der Waals surface area contributed by atoms with Crippen LogP contribution < -0.4 is 5.32 Å². The number of rotatable bonds is 2. The van der Waals surface area contributed by atoms with Gasteiger partial charge in [-0.3, -0.25) is 9.59 Å². The predicted octanol–water partition coefficient (Wildman–Crippen LogP) is 2.42. The Bertz CT molecular complexity index is 411. The number of thioether (sulfide) groups is 1. The SMILES string of the molecule is CSC1CCC(N2C(=O)C(C(C)(C)C)NC(=O)C2C)CC1. The summed E-state index contributed by atoms with van der Waals surface area (Å²) in [4.78, 5) is 27.0. The summed E-state index contributed by atoms with van der Waals surface area (Å²) in [5, 5.41) is 3.62. The molecular formula is C16H28N2O2S. The second-order valence-corrected chi connectivity index (χ2v) is 8.53. The van der Waals surface area contributed by atoms with Crippen molar-refractivity contribution in [1.82, 2.24) is 10.2 Å². The van der Waals surface area contributed by atoms with Gasteiger partial charge in [-0.2, -0.15) is 11.8 Å². The fourth-order valence-electron chi connectivity index (χ4n) is 3.43. The maximum absolute atomic E-state index is 12.9. The van der Waals surface area contributed by atoms with E-state index in [1.807, 2.05) is 44.4 Å². The molecule has 1 saturated carbocycles. The molecule has 2 rings (SSSR count). The molecule has 21 heavy (non-hydrogen) atoms. The van der Waals surface area contributed by atoms with Gasteiger partial charge in [-0.15, -0.1) is 0 Å². The summed E-state index contributed by atoms with van der Waals surface area (Å²) < 4.78 is 0. The van der Waals surface area contributed by atoms with Crippen LogP contribution in [0.4, 0.5) is 0 Å². The second kappa shape index (κ2) is 6.19. The van der Waals surface area contributed by atoms with Crippen LogP contribution in [0, 0.1) is 5.41 Å². The van der Waals surface area contributed by atoms with Crippen LogP contribution in [0.25, 0.3) is 0 Å². The summed E-state index contributed by atoms with van der Waals surface area (Å²) in [6, 6.07) is -0.516. The molecule has 2 fully saturated rings. The number of carbonyl (C=O) groups is 2. The Labute approximate surface area is 132 Å². The third kappa shape index (κ3) is 3.38. The number of hydrogen-bond acceptors (Lipinski definition) is 3. The van der Waals surface area contributed by atoms with E-state index in [0.29, 0.717) is 5.25 Å². The van der Waals surface area contributed by atoms with Crippen molar-refractivity contribution in [1.29, 1.82) is 0 Å². The van der Waals surface area contributed by atoms with Crippen molar-refractivity contribution in [2.75, 3.05) is 6.26 Å². The van der Waals surface area contributed by atoms with Crippen LogP contribution >= 0.6 is 11.8 Å². The topological polar surface area (TPSA) is 49.4 Å². The minimum Gasteiger partial charge on any atom is -0.342 e. The molecular weight excluding hydrogens is 284 g/mol. The molecule has 2 amide bonds. The van der Waals surface area contributed by atoms with Crippen LogP contribution in [0.2, 0.25) is 0 Å². The minimum absolute atomic E-state index is 0.0125. The summed E-state index contributed by atoms with van der Waals surface area (Å²) in [5.41, 5.74) is -0.248. The quantitative estimate of drug-likeness (QED) is 0.852. The molecule has 0 spiro atoms. The lowest BCUT2D eigenvalue weighted by Gasteiger charge is -2.47. The fourth-order valence-corrected chi connectivity index (χ4v) is 4.18. The molecule has 0 bridgehead atoms. The molecule has 1 saturated heterocycles. The number of piperazine rings is 1. The van der Waals surface area contributed by atoms with Crippen LogP contribution in [-0.2, 0) is 9.59 Å². The van der Waals surface area contributed by atoms with Crippen molar-refractivity contribution in [3.63, 3.8) is 0 Å². The Morgan fingerprint density at radius 1 is 1.14 bits per heavy atom. The first-order chi connectivity index (χ1) is 9.75. The van der Waals surface area contributed by atoms with Gasteiger partial charge < -0.3 is 10.2 Å². The first kappa shape index (κ1) is 16.7. The molecule has 0 radical (unpaired) electrons. The van der Waals surface area contributed by atoms with E-state index in [1.165, 1.54) is 0 Å². The zero-order valence-electron chi connectivity index (χ0n) is 13.8. The molecule has 5 heteroatoms. The van der Waals surface area contributed by atoms with Gasteiger partial charge in [0.15, 0.2) is 0 Å². The minimum atomic E-state index is -0.403. The standard InChI is InChI=1S/C16H28N2O2S/c1-10-14(19)17-13(16(2,3)4)15(20)18(10)11-6-8-12(21-5)9-7-11/h10-13H,6-9H2,1-5H3,(H,17,19). The Balaban J connectivity index is 2.16. The predicted molar refractivity (Wildman–Crippen MR) is 87.3 cm³/mol. The van der Waals surface area contributed by atoms with Gasteiger partial charge in [-0.25, -0.2) is 0 Å². The summed E-state index contributed by atoms with van der Waals surface area (Å²) >= 11 is 1.92. The van der Waals surface area contributed by atoms with E-state index in [9.17, 15) is 9.59 Å². The van der Waals surface area contributed by atoms with Crippen molar-refractivity contribution >= 4 is 23.6 Å². The van der Waals surface area contributed by atoms with Crippen LogP contribution in [0.1, 0.15) is 53.4 Å². The van der Waals surface area contributed by atoms with Crippen LogP contribution in [0.15, 0.2) is 0 Å². The van der Waals surface area contributed by atoms with E-state index in [4.69, 9.17) is 0 Å². The first-order valence-electron chi connectivity index (χ1n) is 7.91. The van der Waals surface area contributed by atoms with Gasteiger partial charge >= 0.3 is 0 Å². The van der Waals surface area contributed by atoms with Gasteiger partial charge in [0.1, 0.15) is 12.1 Å². The maximum atomic E-state index is 12.9. The van der Waals surface area contributed by atoms with E-state index >= 15 is 0 Å². The Hall–Kier alpha value is -0.710. The van der Waals surface area contributed by atoms with Crippen molar-refractivity contribution in [3.8, 4) is 0 Å². The molecule has 1 aliphatic carbocycles. The zero-order chi connectivity index (χ0) is 15.8. The van der Waals surface area contributed by atoms with Gasteiger partial charge in [-0.05, 0) is 44.3 Å². The van der Waals surface area contributed by atoms with Crippen LogP contribution in [0.3, 0.4) is 0 Å². The van der Waals surface area contributed by atoms with E-state index in [-0.39, 0.29) is 29.3 Å². The highest BCUT2D eigenvalue weighted by Gasteiger charge is 2.46. The second-order valence-electron chi connectivity index (χ2n) is 7.40. The Morgan fingerprint density at radius 2 is 1.71 bits per heavy atom. The molecule has 0 aromatic carbocycles. The molecule has 0 aromatic rings. The molecule has 1 heterocycles. The van der Waals surface area contributed by atoms with E-state index in [1.54, 1.807) is 0 Å². The smallest absolute Gasteiger partial charge is 0.246 e. The molecule has 2 aliphatic rings. The van der Waals surface area contributed by atoms with Gasteiger partial charge in [0.25, 0.3) is 0 Å². The Morgan fingerprint density at radius 3 is 2.19 bits per heavy atom. The summed E-state index contributed by atoms with van der Waals surface area (Å²) in [5.74, 6) is 0.0868. The molecule has 120 valence electrons.